The first kappa shape index (κ1) is 18.1. The molecule has 0 saturated carbocycles. The summed E-state index contributed by atoms with van der Waals surface area (Å²) in [5, 5.41) is 9.66. The first-order valence-electron chi connectivity index (χ1n) is 9.32. The van der Waals surface area contributed by atoms with Gasteiger partial charge < -0.3 is 9.64 Å². The highest BCUT2D eigenvalue weighted by atomic mass is 16.5. The maximum Gasteiger partial charge on any atom is 0.329 e. The third kappa shape index (κ3) is 3.93. The van der Waals surface area contributed by atoms with E-state index >= 15 is 0 Å². The van der Waals surface area contributed by atoms with E-state index in [0.29, 0.717) is 23.6 Å². The van der Waals surface area contributed by atoms with E-state index < -0.39 is 11.9 Å². The van der Waals surface area contributed by atoms with Gasteiger partial charge in [-0.15, -0.1) is 0 Å². The molecule has 1 aliphatic rings. The first-order chi connectivity index (χ1) is 12.7. The molecule has 0 radical (unpaired) electrons. The maximum atomic E-state index is 12.5. The van der Waals surface area contributed by atoms with Crippen molar-refractivity contribution in [2.45, 2.75) is 44.9 Å². The summed E-state index contributed by atoms with van der Waals surface area (Å²) in [6.45, 7) is 4.08. The summed E-state index contributed by atoms with van der Waals surface area (Å²) in [5.41, 5.74) is 1.87. The van der Waals surface area contributed by atoms with E-state index in [2.05, 4.69) is 16.0 Å². The summed E-state index contributed by atoms with van der Waals surface area (Å²) in [4.78, 5) is 24.0. The lowest BCUT2D eigenvalue weighted by atomic mass is 10.0. The number of hydrogen-bond donors (Lipinski definition) is 0. The normalized spacial score (nSPS) is 15.5. The molecule has 136 valence electrons. The number of anilines is 1. The number of benzene rings is 1. The Morgan fingerprint density at radius 1 is 1.23 bits per heavy atom. The van der Waals surface area contributed by atoms with Crippen molar-refractivity contribution in [1.29, 1.82) is 5.26 Å². The Morgan fingerprint density at radius 3 is 2.58 bits per heavy atom. The lowest BCUT2D eigenvalue weighted by Crippen LogP contribution is -2.32. The monoisotopic (exact) mass is 352 g/mol. The average molecular weight is 352 g/mol. The standard InChI is InChI=1S/C20H24N4O2/c1-2-3-13-26-20(25)15(14-21)18-19(24-11-7-4-8-12-24)23-17-10-6-5-9-16(17)22-18/h5-6,9-10,15H,2-4,7-8,11-13H2,1H3/t15-/m1/s1. The molecule has 0 bridgehead atoms. The number of nitriles is 1. The maximum absolute atomic E-state index is 12.5. The molecule has 0 N–H and O–H groups in total. The van der Waals surface area contributed by atoms with E-state index in [1.165, 1.54) is 6.42 Å². The number of carbonyl (C=O) groups is 1. The van der Waals surface area contributed by atoms with E-state index in [9.17, 15) is 10.1 Å². The molecule has 0 amide bonds. The van der Waals surface area contributed by atoms with Crippen molar-refractivity contribution in [1.82, 2.24) is 9.97 Å². The Labute approximate surface area is 153 Å². The van der Waals surface area contributed by atoms with Crippen LogP contribution in [0.2, 0.25) is 0 Å². The van der Waals surface area contributed by atoms with Gasteiger partial charge in [0.2, 0.25) is 0 Å². The fourth-order valence-corrected chi connectivity index (χ4v) is 3.16. The number of unbranched alkanes of at least 4 members (excludes halogenated alkanes) is 1. The SMILES string of the molecule is CCCCOC(=O)[C@H](C#N)c1nc2ccccc2nc1N1CCCCC1. The zero-order chi connectivity index (χ0) is 18.4. The van der Waals surface area contributed by atoms with Gasteiger partial charge in [0.1, 0.15) is 5.69 Å². The molecule has 1 fully saturated rings. The summed E-state index contributed by atoms with van der Waals surface area (Å²) in [7, 11) is 0. The van der Waals surface area contributed by atoms with Crippen molar-refractivity contribution >= 4 is 22.8 Å². The van der Waals surface area contributed by atoms with E-state index in [-0.39, 0.29) is 0 Å². The van der Waals surface area contributed by atoms with Crippen LogP contribution in [0, 0.1) is 11.3 Å². The van der Waals surface area contributed by atoms with Gasteiger partial charge in [0.25, 0.3) is 0 Å². The summed E-state index contributed by atoms with van der Waals surface area (Å²) in [5.74, 6) is -0.952. The molecule has 1 aliphatic heterocycles. The van der Waals surface area contributed by atoms with Crippen molar-refractivity contribution < 1.29 is 9.53 Å². The lowest BCUT2D eigenvalue weighted by molar-refractivity contribution is -0.144. The van der Waals surface area contributed by atoms with Gasteiger partial charge in [-0.1, -0.05) is 25.5 Å². The largest absolute Gasteiger partial charge is 0.464 e. The molecule has 6 heteroatoms. The number of aromatic nitrogens is 2. The second-order valence-corrected chi connectivity index (χ2v) is 6.55. The first-order valence-corrected chi connectivity index (χ1v) is 9.32. The average Bonchev–Trinajstić information content (AvgIpc) is 2.69. The summed E-state index contributed by atoms with van der Waals surface area (Å²) in [6, 6.07) is 9.63. The summed E-state index contributed by atoms with van der Waals surface area (Å²) in [6.07, 6.45) is 5.05. The highest BCUT2D eigenvalue weighted by Gasteiger charge is 2.30. The van der Waals surface area contributed by atoms with Crippen LogP contribution in [0.3, 0.4) is 0 Å². The predicted molar refractivity (Wildman–Crippen MR) is 99.8 cm³/mol. The van der Waals surface area contributed by atoms with Crippen molar-refractivity contribution in [3.8, 4) is 6.07 Å². The highest BCUT2D eigenvalue weighted by Crippen LogP contribution is 2.29. The molecular weight excluding hydrogens is 328 g/mol. The number of esters is 1. The van der Waals surface area contributed by atoms with E-state index in [1.807, 2.05) is 31.2 Å². The Bertz CT molecular complexity index is 809. The van der Waals surface area contributed by atoms with Crippen LogP contribution >= 0.6 is 0 Å². The topological polar surface area (TPSA) is 79.1 Å². The van der Waals surface area contributed by atoms with Crippen molar-refractivity contribution in [2.24, 2.45) is 0 Å². The Balaban J connectivity index is 2.00. The Hall–Kier alpha value is -2.68. The Kier molecular flexibility index (Phi) is 6.00. The summed E-state index contributed by atoms with van der Waals surface area (Å²) < 4.78 is 5.30. The zero-order valence-electron chi connectivity index (χ0n) is 15.1. The fourth-order valence-electron chi connectivity index (χ4n) is 3.16. The van der Waals surface area contributed by atoms with Gasteiger partial charge in [0, 0.05) is 13.1 Å². The van der Waals surface area contributed by atoms with Crippen LogP contribution in [-0.4, -0.2) is 35.6 Å². The minimum Gasteiger partial charge on any atom is -0.464 e. The van der Waals surface area contributed by atoms with Gasteiger partial charge in [0.05, 0.1) is 23.7 Å². The number of rotatable bonds is 6. The summed E-state index contributed by atoms with van der Waals surface area (Å²) >= 11 is 0. The minimum atomic E-state index is -1.05. The van der Waals surface area contributed by atoms with Crippen LogP contribution in [0.4, 0.5) is 5.82 Å². The molecule has 6 nitrogen and oxygen atoms in total. The fraction of sp³-hybridized carbons (Fsp3) is 0.500. The molecule has 1 saturated heterocycles. The number of fused-ring (bicyclic) bond motifs is 1. The van der Waals surface area contributed by atoms with Crippen LogP contribution < -0.4 is 4.90 Å². The predicted octanol–water partition coefficient (Wildman–Crippen LogP) is 3.57. The van der Waals surface area contributed by atoms with Crippen LogP contribution in [-0.2, 0) is 9.53 Å². The smallest absolute Gasteiger partial charge is 0.329 e. The number of ether oxygens (including phenoxy) is 1. The van der Waals surface area contributed by atoms with Gasteiger partial charge in [-0.3, -0.25) is 4.79 Å². The zero-order valence-corrected chi connectivity index (χ0v) is 15.1. The third-order valence-corrected chi connectivity index (χ3v) is 4.61. The number of nitrogens with zero attached hydrogens (tertiary/aromatic N) is 4. The van der Waals surface area contributed by atoms with Gasteiger partial charge >= 0.3 is 5.97 Å². The van der Waals surface area contributed by atoms with Crippen LogP contribution in [0.25, 0.3) is 11.0 Å². The minimum absolute atomic E-state index is 0.327. The number of piperidine rings is 1. The van der Waals surface area contributed by atoms with E-state index in [0.717, 1.165) is 44.3 Å². The molecule has 1 atom stereocenters. The van der Waals surface area contributed by atoms with Gasteiger partial charge in [0.15, 0.2) is 11.7 Å². The van der Waals surface area contributed by atoms with Crippen LogP contribution in [0.15, 0.2) is 24.3 Å². The lowest BCUT2D eigenvalue weighted by Gasteiger charge is -2.29. The quantitative estimate of drug-likeness (QED) is 0.584. The molecule has 0 aliphatic carbocycles. The molecule has 2 heterocycles. The molecular formula is C20H24N4O2. The second kappa shape index (κ2) is 8.61. The second-order valence-electron chi connectivity index (χ2n) is 6.55. The van der Waals surface area contributed by atoms with E-state index in [4.69, 9.17) is 9.72 Å². The van der Waals surface area contributed by atoms with Crippen LogP contribution in [0.5, 0.6) is 0 Å². The van der Waals surface area contributed by atoms with E-state index in [1.54, 1.807) is 0 Å². The third-order valence-electron chi connectivity index (χ3n) is 4.61. The van der Waals surface area contributed by atoms with Crippen LogP contribution in [0.1, 0.15) is 50.6 Å². The highest BCUT2D eigenvalue weighted by molar-refractivity contribution is 5.85. The molecule has 0 spiro atoms. The van der Waals surface area contributed by atoms with Crippen molar-refractivity contribution in [2.75, 3.05) is 24.6 Å². The molecule has 2 aromatic rings. The molecule has 1 aromatic heterocycles. The van der Waals surface area contributed by atoms with Crippen molar-refractivity contribution in [3.63, 3.8) is 0 Å². The van der Waals surface area contributed by atoms with Gasteiger partial charge in [-0.25, -0.2) is 9.97 Å². The van der Waals surface area contributed by atoms with Gasteiger partial charge in [-0.05, 0) is 37.8 Å². The van der Waals surface area contributed by atoms with Gasteiger partial charge in [-0.2, -0.15) is 5.26 Å². The molecule has 3 rings (SSSR count). The number of hydrogen-bond acceptors (Lipinski definition) is 6. The Morgan fingerprint density at radius 2 is 1.92 bits per heavy atom. The number of para-hydroxylation sites is 2. The van der Waals surface area contributed by atoms with Crippen molar-refractivity contribution in [3.05, 3.63) is 30.0 Å². The molecule has 26 heavy (non-hydrogen) atoms. The number of carbonyl (C=O) groups excluding carboxylic acids is 1. The molecule has 1 aromatic carbocycles. The molecule has 0 unspecified atom stereocenters.